The SMILES string of the molecule is CCNCc1cc(S(=O)(=O)NC(C)CC(C)CC)c(C)o1. The maximum absolute atomic E-state index is 12.4. The third kappa shape index (κ3) is 5.45. The number of furan rings is 1. The number of hydrogen-bond donors (Lipinski definition) is 2. The van der Waals surface area contributed by atoms with E-state index >= 15 is 0 Å². The van der Waals surface area contributed by atoms with E-state index in [9.17, 15) is 8.42 Å². The second-order valence-electron chi connectivity index (χ2n) is 5.68. The first kappa shape index (κ1) is 18.2. The van der Waals surface area contributed by atoms with Crippen molar-refractivity contribution in [1.29, 1.82) is 0 Å². The van der Waals surface area contributed by atoms with Crippen molar-refractivity contribution in [2.75, 3.05) is 6.54 Å². The van der Waals surface area contributed by atoms with Crippen LogP contribution in [0.1, 0.15) is 52.1 Å². The van der Waals surface area contributed by atoms with E-state index in [-0.39, 0.29) is 10.9 Å². The Morgan fingerprint density at radius 2 is 1.95 bits per heavy atom. The predicted molar refractivity (Wildman–Crippen MR) is 84.7 cm³/mol. The number of hydrogen-bond acceptors (Lipinski definition) is 4. The van der Waals surface area contributed by atoms with Crippen molar-refractivity contribution >= 4 is 10.0 Å². The molecular weight excluding hydrogens is 288 g/mol. The van der Waals surface area contributed by atoms with Crippen molar-refractivity contribution < 1.29 is 12.8 Å². The first-order valence-electron chi connectivity index (χ1n) is 7.62. The van der Waals surface area contributed by atoms with Gasteiger partial charge in [-0.25, -0.2) is 13.1 Å². The van der Waals surface area contributed by atoms with Crippen molar-refractivity contribution in [2.45, 2.75) is 64.9 Å². The zero-order chi connectivity index (χ0) is 16.0. The smallest absolute Gasteiger partial charge is 0.244 e. The fourth-order valence-electron chi connectivity index (χ4n) is 2.27. The highest BCUT2D eigenvalue weighted by molar-refractivity contribution is 7.89. The van der Waals surface area contributed by atoms with Crippen LogP contribution >= 0.6 is 0 Å². The van der Waals surface area contributed by atoms with Crippen molar-refractivity contribution in [1.82, 2.24) is 10.0 Å². The maximum atomic E-state index is 12.4. The highest BCUT2D eigenvalue weighted by atomic mass is 32.2. The van der Waals surface area contributed by atoms with Gasteiger partial charge in [0.1, 0.15) is 16.4 Å². The summed E-state index contributed by atoms with van der Waals surface area (Å²) in [6, 6.07) is 1.52. The van der Waals surface area contributed by atoms with E-state index in [2.05, 4.69) is 23.9 Å². The van der Waals surface area contributed by atoms with E-state index in [1.165, 1.54) is 0 Å². The molecule has 0 amide bonds. The third-order valence-corrected chi connectivity index (χ3v) is 5.27. The van der Waals surface area contributed by atoms with Gasteiger partial charge in [-0.1, -0.05) is 27.2 Å². The molecule has 21 heavy (non-hydrogen) atoms. The van der Waals surface area contributed by atoms with Crippen LogP contribution in [0, 0.1) is 12.8 Å². The molecule has 5 nitrogen and oxygen atoms in total. The van der Waals surface area contributed by atoms with Gasteiger partial charge in [-0.05, 0) is 32.7 Å². The van der Waals surface area contributed by atoms with Gasteiger partial charge in [-0.15, -0.1) is 0 Å². The Kier molecular flexibility index (Phi) is 6.90. The monoisotopic (exact) mass is 316 g/mol. The average molecular weight is 316 g/mol. The van der Waals surface area contributed by atoms with Crippen molar-refractivity contribution in [3.05, 3.63) is 17.6 Å². The zero-order valence-corrected chi connectivity index (χ0v) is 14.5. The summed E-state index contributed by atoms with van der Waals surface area (Å²) in [7, 11) is -3.52. The summed E-state index contributed by atoms with van der Waals surface area (Å²) in [6.07, 6.45) is 1.88. The molecule has 2 atom stereocenters. The molecule has 0 aliphatic rings. The average Bonchev–Trinajstić information content (AvgIpc) is 2.77. The summed E-state index contributed by atoms with van der Waals surface area (Å²) >= 11 is 0. The van der Waals surface area contributed by atoms with Gasteiger partial charge < -0.3 is 9.73 Å². The van der Waals surface area contributed by atoms with Crippen LogP contribution in [0.3, 0.4) is 0 Å². The molecule has 1 heterocycles. The minimum Gasteiger partial charge on any atom is -0.464 e. The molecule has 1 aromatic rings. The topological polar surface area (TPSA) is 71.3 Å². The minimum atomic E-state index is -3.52. The summed E-state index contributed by atoms with van der Waals surface area (Å²) in [5.41, 5.74) is 0. The van der Waals surface area contributed by atoms with Crippen molar-refractivity contribution in [3.63, 3.8) is 0 Å². The van der Waals surface area contributed by atoms with Crippen LogP contribution in [0.2, 0.25) is 0 Å². The maximum Gasteiger partial charge on any atom is 0.244 e. The van der Waals surface area contributed by atoms with Gasteiger partial charge in [-0.2, -0.15) is 0 Å². The Morgan fingerprint density at radius 1 is 1.29 bits per heavy atom. The van der Waals surface area contributed by atoms with Crippen LogP contribution in [0.4, 0.5) is 0 Å². The van der Waals surface area contributed by atoms with Gasteiger partial charge in [0.2, 0.25) is 10.0 Å². The quantitative estimate of drug-likeness (QED) is 0.735. The number of nitrogens with one attached hydrogen (secondary N) is 2. The van der Waals surface area contributed by atoms with E-state index < -0.39 is 10.0 Å². The Bertz CT molecular complexity index is 537. The van der Waals surface area contributed by atoms with Gasteiger partial charge in [0.15, 0.2) is 0 Å². The summed E-state index contributed by atoms with van der Waals surface area (Å²) < 4.78 is 33.1. The highest BCUT2D eigenvalue weighted by Gasteiger charge is 2.23. The van der Waals surface area contributed by atoms with Crippen LogP contribution in [-0.4, -0.2) is 21.0 Å². The lowest BCUT2D eigenvalue weighted by molar-refractivity contribution is 0.443. The second-order valence-corrected chi connectivity index (χ2v) is 7.37. The molecule has 0 saturated carbocycles. The van der Waals surface area contributed by atoms with Crippen molar-refractivity contribution in [3.8, 4) is 0 Å². The Balaban J connectivity index is 2.80. The normalized spacial score (nSPS) is 15.1. The van der Waals surface area contributed by atoms with E-state index in [1.54, 1.807) is 13.0 Å². The lowest BCUT2D eigenvalue weighted by atomic mass is 10.0. The van der Waals surface area contributed by atoms with Crippen LogP contribution < -0.4 is 10.0 Å². The fraction of sp³-hybridized carbons (Fsp3) is 0.733. The van der Waals surface area contributed by atoms with Gasteiger partial charge in [-0.3, -0.25) is 0 Å². The molecule has 122 valence electrons. The molecule has 1 rings (SSSR count). The predicted octanol–water partition coefficient (Wildman–Crippen LogP) is 2.80. The summed E-state index contributed by atoms with van der Waals surface area (Å²) in [4.78, 5) is 0.242. The molecule has 0 fully saturated rings. The number of aryl methyl sites for hydroxylation is 1. The summed E-state index contributed by atoms with van der Waals surface area (Å²) in [6.45, 7) is 11.2. The van der Waals surface area contributed by atoms with E-state index in [0.717, 1.165) is 19.4 Å². The molecule has 0 aliphatic heterocycles. The molecule has 0 radical (unpaired) electrons. The van der Waals surface area contributed by atoms with Crippen LogP contribution in [-0.2, 0) is 16.6 Å². The number of rotatable bonds is 9. The molecule has 2 unspecified atom stereocenters. The molecule has 2 N–H and O–H groups in total. The molecule has 1 aromatic heterocycles. The fourth-order valence-corrected chi connectivity index (χ4v) is 3.73. The van der Waals surface area contributed by atoms with Gasteiger partial charge >= 0.3 is 0 Å². The Hall–Kier alpha value is -0.850. The second kappa shape index (κ2) is 7.96. The van der Waals surface area contributed by atoms with Gasteiger partial charge in [0.05, 0.1) is 6.54 Å². The largest absolute Gasteiger partial charge is 0.464 e. The Morgan fingerprint density at radius 3 is 2.52 bits per heavy atom. The molecule has 0 aliphatic carbocycles. The summed E-state index contributed by atoms with van der Waals surface area (Å²) in [5, 5.41) is 3.12. The van der Waals surface area contributed by atoms with Crippen LogP contribution in [0.5, 0.6) is 0 Å². The van der Waals surface area contributed by atoms with E-state index in [1.807, 2.05) is 13.8 Å². The van der Waals surface area contributed by atoms with Crippen LogP contribution in [0.25, 0.3) is 0 Å². The zero-order valence-electron chi connectivity index (χ0n) is 13.7. The Labute approximate surface area is 128 Å². The lowest BCUT2D eigenvalue weighted by Crippen LogP contribution is -2.33. The first-order valence-corrected chi connectivity index (χ1v) is 9.10. The molecule has 0 spiro atoms. The highest BCUT2D eigenvalue weighted by Crippen LogP contribution is 2.21. The standard InChI is InChI=1S/C15H28N2O3S/c1-6-11(3)8-12(4)17-21(18,19)15-9-14(10-16-7-2)20-13(15)5/h9,11-12,16-17H,6-8,10H2,1-5H3. The van der Waals surface area contributed by atoms with Crippen LogP contribution in [0.15, 0.2) is 15.4 Å². The molecule has 0 saturated heterocycles. The van der Waals surface area contributed by atoms with Crippen molar-refractivity contribution in [2.24, 2.45) is 5.92 Å². The summed E-state index contributed by atoms with van der Waals surface area (Å²) in [5.74, 6) is 1.58. The molecular formula is C15H28N2O3S. The van der Waals surface area contributed by atoms with Gasteiger partial charge in [0, 0.05) is 12.1 Å². The van der Waals surface area contributed by atoms with Gasteiger partial charge in [0.25, 0.3) is 0 Å². The first-order chi connectivity index (χ1) is 9.80. The van der Waals surface area contributed by atoms with E-state index in [4.69, 9.17) is 4.42 Å². The minimum absolute atomic E-state index is 0.0866. The third-order valence-electron chi connectivity index (χ3n) is 3.57. The number of sulfonamides is 1. The molecule has 6 heteroatoms. The van der Waals surface area contributed by atoms with E-state index in [0.29, 0.717) is 24.0 Å². The molecule has 0 aromatic carbocycles. The lowest BCUT2D eigenvalue weighted by Gasteiger charge is -2.17. The molecule has 0 bridgehead atoms.